The topological polar surface area (TPSA) is 121 Å². The van der Waals surface area contributed by atoms with Crippen LogP contribution in [0, 0.1) is 5.92 Å². The lowest BCUT2D eigenvalue weighted by Gasteiger charge is -2.29. The van der Waals surface area contributed by atoms with Gasteiger partial charge in [-0.05, 0) is 12.8 Å². The highest BCUT2D eigenvalue weighted by Crippen LogP contribution is 2.12. The Hall–Kier alpha value is -2.71. The molecule has 1 N–H and O–H groups in total. The van der Waals surface area contributed by atoms with Crippen molar-refractivity contribution in [3.63, 3.8) is 0 Å². The van der Waals surface area contributed by atoms with E-state index in [0.717, 1.165) is 12.5 Å². The van der Waals surface area contributed by atoms with Gasteiger partial charge in [-0.25, -0.2) is 9.59 Å². The highest BCUT2D eigenvalue weighted by Gasteiger charge is 2.27. The SMILES string of the molecule is CC(C)C(=O)C(=O)OC(CC(=O)[O-])C[N+](C)(C)C.CCCCCCCCCCCCC/C=C/C=C/C=C/C=C/C(=O)O.Cl. The molecule has 0 aliphatic heterocycles. The number of carbonyl (C=O) groups excluding carboxylic acids is 3. The molecular weight excluding hydrogens is 570 g/mol. The van der Waals surface area contributed by atoms with Crippen LogP contribution in [0.5, 0.6) is 0 Å². The van der Waals surface area contributed by atoms with Crippen molar-refractivity contribution in [2.75, 3.05) is 27.7 Å². The zero-order valence-electron chi connectivity index (χ0n) is 27.4. The van der Waals surface area contributed by atoms with Gasteiger partial charge in [-0.3, -0.25) is 4.79 Å². The molecule has 0 aliphatic carbocycles. The molecule has 0 saturated heterocycles. The summed E-state index contributed by atoms with van der Waals surface area (Å²) in [4.78, 5) is 43.7. The van der Waals surface area contributed by atoms with Crippen LogP contribution in [0.15, 0.2) is 48.6 Å². The number of nitrogens with zero attached hydrogens (tertiary/aromatic N) is 1. The number of allylic oxidation sites excluding steroid dienone is 7. The van der Waals surface area contributed by atoms with Crippen LogP contribution in [0.1, 0.15) is 104 Å². The Bertz CT molecular complexity index is 870. The zero-order chi connectivity index (χ0) is 32.2. The first-order chi connectivity index (χ1) is 19.8. The van der Waals surface area contributed by atoms with Crippen LogP contribution in [0.2, 0.25) is 0 Å². The molecule has 248 valence electrons. The predicted molar refractivity (Wildman–Crippen MR) is 175 cm³/mol. The summed E-state index contributed by atoms with van der Waals surface area (Å²) in [5.41, 5.74) is 0. The average molecular weight is 628 g/mol. The second kappa shape index (κ2) is 29.4. The third-order valence-electron chi connectivity index (χ3n) is 6.05. The molecule has 0 heterocycles. The maximum absolute atomic E-state index is 11.5. The molecule has 0 aliphatic rings. The van der Waals surface area contributed by atoms with Gasteiger partial charge in [0.1, 0.15) is 6.54 Å². The van der Waals surface area contributed by atoms with Gasteiger partial charge in [0.25, 0.3) is 0 Å². The van der Waals surface area contributed by atoms with Crippen molar-refractivity contribution in [3.05, 3.63) is 48.6 Å². The third kappa shape index (κ3) is 35.4. The van der Waals surface area contributed by atoms with E-state index in [0.29, 0.717) is 11.0 Å². The highest BCUT2D eigenvalue weighted by molar-refractivity contribution is 6.34. The minimum Gasteiger partial charge on any atom is -0.550 e. The van der Waals surface area contributed by atoms with Gasteiger partial charge < -0.3 is 24.2 Å². The molecular formula is C34H58ClNO7. The van der Waals surface area contributed by atoms with Gasteiger partial charge >= 0.3 is 11.9 Å². The van der Waals surface area contributed by atoms with Crippen LogP contribution in [-0.4, -0.2) is 67.1 Å². The number of ketones is 1. The molecule has 0 aromatic rings. The van der Waals surface area contributed by atoms with E-state index in [1.54, 1.807) is 19.9 Å². The van der Waals surface area contributed by atoms with Crippen LogP contribution in [-0.2, 0) is 23.9 Å². The van der Waals surface area contributed by atoms with Crippen molar-refractivity contribution in [1.29, 1.82) is 0 Å². The maximum atomic E-state index is 11.5. The normalized spacial score (nSPS) is 12.4. The van der Waals surface area contributed by atoms with Crippen molar-refractivity contribution >= 4 is 36.1 Å². The van der Waals surface area contributed by atoms with Crippen molar-refractivity contribution in [2.24, 2.45) is 5.92 Å². The summed E-state index contributed by atoms with van der Waals surface area (Å²) in [6.07, 6.45) is 29.4. The van der Waals surface area contributed by atoms with Crippen LogP contribution in [0.4, 0.5) is 0 Å². The van der Waals surface area contributed by atoms with Gasteiger partial charge in [0.2, 0.25) is 5.78 Å². The summed E-state index contributed by atoms with van der Waals surface area (Å²) < 4.78 is 5.35. The van der Waals surface area contributed by atoms with Crippen molar-refractivity contribution < 1.29 is 38.6 Å². The number of hydrogen-bond donors (Lipinski definition) is 1. The van der Waals surface area contributed by atoms with E-state index < -0.39 is 42.1 Å². The minimum atomic E-state index is -1.31. The van der Waals surface area contributed by atoms with Gasteiger partial charge in [-0.1, -0.05) is 128 Å². The average Bonchev–Trinajstić information content (AvgIpc) is 2.88. The van der Waals surface area contributed by atoms with Gasteiger partial charge in [0.05, 0.1) is 21.1 Å². The van der Waals surface area contributed by atoms with Crippen LogP contribution in [0.25, 0.3) is 0 Å². The Labute approximate surface area is 267 Å². The van der Waals surface area contributed by atoms with E-state index in [9.17, 15) is 24.3 Å². The van der Waals surface area contributed by atoms with Crippen LogP contribution < -0.4 is 5.11 Å². The summed E-state index contributed by atoms with van der Waals surface area (Å²) in [5.74, 6) is -4.33. The standard InChI is InChI=1S/C22H36O2.C12H21NO5.ClH/c1-2-3-4-5-6-7-8-9-10-11-12-13-14-15-16-17-18-19-20-21-22(23)24;1-8(2)11(16)12(17)18-9(6-10(14)15)7-13(3,4)5;/h14-21H,2-13H2,1H3,(H,23,24);8-9H,6-7H2,1-5H3;1H/b15-14+,17-16+,19-18+,21-20+;;. The Morgan fingerprint density at radius 3 is 1.67 bits per heavy atom. The summed E-state index contributed by atoms with van der Waals surface area (Å²) in [7, 11) is 5.50. The molecule has 0 bridgehead atoms. The summed E-state index contributed by atoms with van der Waals surface area (Å²) in [6.45, 7) is 5.73. The van der Waals surface area contributed by atoms with Crippen LogP contribution >= 0.6 is 12.4 Å². The Morgan fingerprint density at radius 2 is 1.23 bits per heavy atom. The lowest BCUT2D eigenvalue weighted by molar-refractivity contribution is -0.873. The number of Topliss-reactive ketones (excluding diaryl/α,β-unsaturated/α-hetero) is 1. The lowest BCUT2D eigenvalue weighted by atomic mass is 10.1. The molecule has 0 aromatic heterocycles. The quantitative estimate of drug-likeness (QED) is 0.0348. The summed E-state index contributed by atoms with van der Waals surface area (Å²) >= 11 is 0. The van der Waals surface area contributed by atoms with Gasteiger partial charge in [-0.15, -0.1) is 12.4 Å². The summed E-state index contributed by atoms with van der Waals surface area (Å²) in [5, 5.41) is 19.0. The number of halogens is 1. The number of aliphatic carboxylic acids is 2. The van der Waals surface area contributed by atoms with Gasteiger partial charge in [0.15, 0.2) is 6.10 Å². The monoisotopic (exact) mass is 627 g/mol. The fourth-order valence-electron chi connectivity index (χ4n) is 3.88. The van der Waals surface area contributed by atoms with E-state index in [4.69, 9.17) is 9.84 Å². The minimum absolute atomic E-state index is 0. The number of hydrogen-bond acceptors (Lipinski definition) is 6. The molecule has 0 rings (SSSR count). The number of quaternary nitrogens is 1. The Kier molecular flexibility index (Phi) is 30.5. The molecule has 0 saturated carbocycles. The molecule has 0 spiro atoms. The number of carboxylic acids is 2. The predicted octanol–water partition coefficient (Wildman–Crippen LogP) is 6.39. The molecule has 1 unspecified atom stereocenters. The fourth-order valence-corrected chi connectivity index (χ4v) is 3.88. The fraction of sp³-hybridized carbons (Fsp3) is 0.647. The molecule has 43 heavy (non-hydrogen) atoms. The smallest absolute Gasteiger partial charge is 0.375 e. The molecule has 0 radical (unpaired) electrons. The second-order valence-corrected chi connectivity index (χ2v) is 11.8. The largest absolute Gasteiger partial charge is 0.550 e. The Balaban J connectivity index is -0.000000756. The number of rotatable bonds is 23. The molecule has 0 fully saturated rings. The first-order valence-electron chi connectivity index (χ1n) is 15.4. The second-order valence-electron chi connectivity index (χ2n) is 11.8. The van der Waals surface area contributed by atoms with E-state index in [1.165, 1.54) is 76.7 Å². The number of likely N-dealkylation sites (N-methyl/N-ethyl adjacent to an activating group) is 1. The number of carbonyl (C=O) groups is 4. The molecule has 1 atom stereocenters. The van der Waals surface area contributed by atoms with Gasteiger partial charge in [-0.2, -0.15) is 0 Å². The molecule has 0 amide bonds. The number of ether oxygens (including phenoxy) is 1. The zero-order valence-corrected chi connectivity index (χ0v) is 28.2. The third-order valence-corrected chi connectivity index (χ3v) is 6.05. The van der Waals surface area contributed by atoms with E-state index in [1.807, 2.05) is 39.4 Å². The number of carboxylic acid groups (broad SMARTS) is 2. The lowest BCUT2D eigenvalue weighted by Crippen LogP contribution is -2.46. The molecule has 9 heteroatoms. The van der Waals surface area contributed by atoms with Crippen molar-refractivity contribution in [2.45, 2.75) is 110 Å². The first kappa shape index (κ1) is 44.7. The van der Waals surface area contributed by atoms with Crippen molar-refractivity contribution in [3.8, 4) is 0 Å². The van der Waals surface area contributed by atoms with E-state index in [-0.39, 0.29) is 12.4 Å². The summed E-state index contributed by atoms with van der Waals surface area (Å²) in [6, 6.07) is 0. The molecule has 0 aromatic carbocycles. The highest BCUT2D eigenvalue weighted by atomic mass is 35.5. The first-order valence-corrected chi connectivity index (χ1v) is 15.4. The molecule has 8 nitrogen and oxygen atoms in total. The number of esters is 1. The number of unbranched alkanes of at least 4 members (excludes halogenated alkanes) is 11. The van der Waals surface area contributed by atoms with Gasteiger partial charge in [0, 0.05) is 24.4 Å². The van der Waals surface area contributed by atoms with Crippen LogP contribution in [0.3, 0.4) is 0 Å². The maximum Gasteiger partial charge on any atom is 0.375 e. The van der Waals surface area contributed by atoms with E-state index in [2.05, 4.69) is 19.1 Å². The Morgan fingerprint density at radius 1 is 0.767 bits per heavy atom. The van der Waals surface area contributed by atoms with Crippen molar-refractivity contribution in [1.82, 2.24) is 0 Å². The van der Waals surface area contributed by atoms with E-state index >= 15 is 0 Å².